The molecule has 0 radical (unpaired) electrons. The van der Waals surface area contributed by atoms with Crippen LogP contribution in [0, 0.1) is 56.7 Å². The largest absolute Gasteiger partial charge is 0.469 e. The maximum Gasteiger partial charge on any atom is 0.305 e. The van der Waals surface area contributed by atoms with E-state index in [1.807, 2.05) is 4.90 Å². The Bertz CT molecular complexity index is 1270. The number of carbonyl (C=O) groups excluding carboxylic acids is 2. The number of aliphatic hydroxyl groups is 1. The number of nitrogens with zero attached hydrogens (tertiary/aromatic N) is 1. The third kappa shape index (κ3) is 4.65. The van der Waals surface area contributed by atoms with Crippen molar-refractivity contribution in [3.63, 3.8) is 0 Å². The summed E-state index contributed by atoms with van der Waals surface area (Å²) in [5, 5.41) is 12.4. The van der Waals surface area contributed by atoms with E-state index in [1.165, 1.54) is 45.6 Å². The molecule has 6 aliphatic carbocycles. The third-order valence-electron chi connectivity index (χ3n) is 16.6. The summed E-state index contributed by atoms with van der Waals surface area (Å²) in [6.07, 6.45) is 12.5. The van der Waals surface area contributed by atoms with Gasteiger partial charge >= 0.3 is 5.97 Å². The summed E-state index contributed by atoms with van der Waals surface area (Å²) in [6.45, 7) is 14.0. The first-order valence-electron chi connectivity index (χ1n) is 19.3. The minimum Gasteiger partial charge on any atom is -0.469 e. The first-order chi connectivity index (χ1) is 22.3. The maximum atomic E-state index is 12.9. The Morgan fingerprint density at radius 1 is 0.979 bits per heavy atom. The Labute approximate surface area is 282 Å². The molecule has 8 nitrogen and oxygen atoms in total. The van der Waals surface area contributed by atoms with Gasteiger partial charge in [-0.05, 0) is 122 Å². The highest BCUT2D eigenvalue weighted by Crippen LogP contribution is 2.89. The summed E-state index contributed by atoms with van der Waals surface area (Å²) in [6, 6.07) is 0. The lowest BCUT2D eigenvalue weighted by atomic mass is 9.41. The standard InChI is InChI=1S/C39H61NO7/c1-23-19-25(9-12-30(42)44-6)46-33-32(23)36(4)15-16-39-22-38(39)14-13-28(35(2,3)26(38)10-11-27(39)37(36,5)34(33)43)47-31-21-40(17-18-45-31)29(41)20-24-7-8-24/h23-28,31-34,43H,7-22H2,1-6H3/t23-,25+,26+,27+,28+,31?,32?,33+,34+,36-,37-,38-,39+/m1/s1. The number of methoxy groups -OCH3 is 1. The van der Waals surface area contributed by atoms with Crippen LogP contribution in [0.5, 0.6) is 0 Å². The van der Waals surface area contributed by atoms with E-state index in [0.717, 1.165) is 25.7 Å². The molecule has 1 amide bonds. The summed E-state index contributed by atoms with van der Waals surface area (Å²) < 4.78 is 24.7. The van der Waals surface area contributed by atoms with Crippen LogP contribution in [0.3, 0.4) is 0 Å². The topological polar surface area (TPSA) is 94.5 Å². The van der Waals surface area contributed by atoms with E-state index >= 15 is 0 Å². The van der Waals surface area contributed by atoms with Gasteiger partial charge < -0.3 is 29.0 Å². The minimum atomic E-state index is -0.487. The smallest absolute Gasteiger partial charge is 0.305 e. The third-order valence-corrected chi connectivity index (χ3v) is 16.6. The van der Waals surface area contributed by atoms with E-state index in [9.17, 15) is 14.7 Å². The van der Waals surface area contributed by atoms with Crippen molar-refractivity contribution in [2.45, 2.75) is 149 Å². The number of hydrogen-bond acceptors (Lipinski definition) is 7. The van der Waals surface area contributed by atoms with Gasteiger partial charge in [-0.25, -0.2) is 0 Å². The Morgan fingerprint density at radius 2 is 1.72 bits per heavy atom. The van der Waals surface area contributed by atoms with Crippen molar-refractivity contribution < 1.29 is 33.6 Å². The molecule has 2 unspecified atom stereocenters. The van der Waals surface area contributed by atoms with Crippen LogP contribution in [0.15, 0.2) is 0 Å². The SMILES string of the molecule is COC(=O)CC[C@H]1C[C@@H](C)C2[C@H](O1)[C@H](O)[C@@]1(C)[C@@H]3CC[C@H]4C(C)(C)[C@@H](OC5CN(C(=O)CC6CC6)CCO5)CC[C@@]45C[C@@]35CC[C@]21C. The van der Waals surface area contributed by atoms with E-state index < -0.39 is 6.10 Å². The predicted molar refractivity (Wildman–Crippen MR) is 176 cm³/mol. The van der Waals surface area contributed by atoms with Gasteiger partial charge in [0.25, 0.3) is 0 Å². The van der Waals surface area contributed by atoms with Crippen molar-refractivity contribution in [3.05, 3.63) is 0 Å². The highest BCUT2D eigenvalue weighted by molar-refractivity contribution is 5.76. The van der Waals surface area contributed by atoms with Crippen molar-refractivity contribution in [2.75, 3.05) is 26.8 Å². The van der Waals surface area contributed by atoms with Gasteiger partial charge in [0.15, 0.2) is 6.29 Å². The van der Waals surface area contributed by atoms with E-state index in [0.29, 0.717) is 79.4 Å². The number of amides is 1. The highest BCUT2D eigenvalue weighted by atomic mass is 16.7. The fraction of sp³-hybridized carbons (Fsp3) is 0.949. The number of carbonyl (C=O) groups is 2. The molecule has 0 aromatic rings. The van der Waals surface area contributed by atoms with E-state index in [4.69, 9.17) is 18.9 Å². The summed E-state index contributed by atoms with van der Waals surface area (Å²) in [5.74, 6) is 2.56. The Balaban J connectivity index is 0.987. The van der Waals surface area contributed by atoms with E-state index in [-0.39, 0.29) is 52.7 Å². The lowest BCUT2D eigenvalue weighted by Crippen LogP contribution is -2.60. The van der Waals surface area contributed by atoms with Crippen molar-refractivity contribution in [1.82, 2.24) is 4.90 Å². The molecular formula is C39H61NO7. The van der Waals surface area contributed by atoms with Crippen molar-refractivity contribution in [3.8, 4) is 0 Å². The first kappa shape index (κ1) is 33.0. The van der Waals surface area contributed by atoms with Crippen LogP contribution in [-0.4, -0.2) is 79.4 Å². The minimum absolute atomic E-state index is 0.00284. The molecule has 0 bridgehead atoms. The zero-order valence-corrected chi connectivity index (χ0v) is 29.9. The Kier molecular flexibility index (Phi) is 7.81. The van der Waals surface area contributed by atoms with Gasteiger partial charge in [0.1, 0.15) is 0 Å². The van der Waals surface area contributed by atoms with Gasteiger partial charge in [0.05, 0.1) is 44.7 Å². The monoisotopic (exact) mass is 655 g/mol. The van der Waals surface area contributed by atoms with Crippen LogP contribution < -0.4 is 0 Å². The molecule has 2 heterocycles. The van der Waals surface area contributed by atoms with Gasteiger partial charge in [-0.2, -0.15) is 0 Å². The Hall–Kier alpha value is -1.22. The molecule has 2 aliphatic heterocycles. The molecule has 1 N–H and O–H groups in total. The van der Waals surface area contributed by atoms with Gasteiger partial charge in [-0.1, -0.05) is 34.6 Å². The van der Waals surface area contributed by atoms with Gasteiger partial charge in [-0.15, -0.1) is 0 Å². The first-order valence-corrected chi connectivity index (χ1v) is 19.3. The molecule has 264 valence electrons. The molecule has 47 heavy (non-hydrogen) atoms. The predicted octanol–water partition coefficient (Wildman–Crippen LogP) is 6.12. The molecule has 8 fully saturated rings. The van der Waals surface area contributed by atoms with Gasteiger partial charge in [0.2, 0.25) is 5.91 Å². The summed E-state index contributed by atoms with van der Waals surface area (Å²) in [4.78, 5) is 26.8. The van der Waals surface area contributed by atoms with Gasteiger partial charge in [-0.3, -0.25) is 9.59 Å². The van der Waals surface area contributed by atoms with E-state index in [2.05, 4.69) is 34.6 Å². The molecule has 0 aromatic carbocycles. The fourth-order valence-corrected chi connectivity index (χ4v) is 14.0. The number of ether oxygens (including phenoxy) is 4. The number of morpholine rings is 1. The molecule has 2 spiro atoms. The van der Waals surface area contributed by atoms with E-state index in [1.54, 1.807) is 0 Å². The number of aliphatic hydroxyl groups excluding tert-OH is 1. The number of esters is 1. The zero-order valence-electron chi connectivity index (χ0n) is 29.9. The number of rotatable bonds is 7. The molecule has 2 saturated heterocycles. The lowest BCUT2D eigenvalue weighted by molar-refractivity contribution is -0.248. The van der Waals surface area contributed by atoms with Crippen LogP contribution in [0.2, 0.25) is 0 Å². The van der Waals surface area contributed by atoms with Crippen LogP contribution >= 0.6 is 0 Å². The normalized spacial score (nSPS) is 51.1. The Morgan fingerprint density at radius 3 is 2.47 bits per heavy atom. The molecule has 8 aliphatic rings. The summed E-state index contributed by atoms with van der Waals surface area (Å²) in [7, 11) is 1.45. The van der Waals surface area contributed by atoms with Crippen molar-refractivity contribution >= 4 is 11.9 Å². The second kappa shape index (κ2) is 11.1. The number of fused-ring (bicyclic) bond motifs is 4. The van der Waals surface area contributed by atoms with Crippen LogP contribution in [0.4, 0.5) is 0 Å². The molecule has 8 heteroatoms. The molecule has 6 saturated carbocycles. The quantitative estimate of drug-likeness (QED) is 0.330. The maximum absolute atomic E-state index is 12.9. The van der Waals surface area contributed by atoms with Crippen molar-refractivity contribution in [2.24, 2.45) is 56.7 Å². The lowest BCUT2D eigenvalue weighted by Gasteiger charge is -2.64. The van der Waals surface area contributed by atoms with Crippen LogP contribution in [-0.2, 0) is 28.5 Å². The molecule has 0 aromatic heterocycles. The molecule has 8 rings (SSSR count). The van der Waals surface area contributed by atoms with Crippen molar-refractivity contribution in [1.29, 1.82) is 0 Å². The highest BCUT2D eigenvalue weighted by Gasteiger charge is 2.84. The van der Waals surface area contributed by atoms with Crippen LogP contribution in [0.1, 0.15) is 118 Å². The number of hydrogen-bond donors (Lipinski definition) is 1. The second-order valence-corrected chi connectivity index (χ2v) is 18.7. The zero-order chi connectivity index (χ0) is 33.1. The summed E-state index contributed by atoms with van der Waals surface area (Å²) in [5.41, 5.74) is 0.483. The molecule has 13 atom stereocenters. The molecular weight excluding hydrogens is 594 g/mol. The average Bonchev–Trinajstić information content (AvgIpc) is 3.96. The fourth-order valence-electron chi connectivity index (χ4n) is 14.0. The summed E-state index contributed by atoms with van der Waals surface area (Å²) >= 11 is 0. The van der Waals surface area contributed by atoms with Gasteiger partial charge in [0, 0.05) is 24.8 Å². The second-order valence-electron chi connectivity index (χ2n) is 18.7. The van der Waals surface area contributed by atoms with Crippen LogP contribution in [0.25, 0.3) is 0 Å². The average molecular weight is 656 g/mol.